The Hall–Kier alpha value is -3.65. The number of likely N-dealkylation sites (N-methyl/N-ethyl adjacent to an activating group) is 1. The molecule has 0 spiro atoms. The largest absolute Gasteiger partial charge is 0.495 e. The number of esters is 1. The molecule has 8 atom stereocenters. The van der Waals surface area contributed by atoms with Crippen molar-refractivity contribution in [3.05, 3.63) is 46.5 Å². The molecule has 4 bridgehead atoms. The summed E-state index contributed by atoms with van der Waals surface area (Å²) in [6, 6.07) is 2.64. The zero-order valence-corrected chi connectivity index (χ0v) is 28.7. The number of ether oxygens (including phenoxy) is 5. The average molecular weight is 678 g/mol. The van der Waals surface area contributed by atoms with Gasteiger partial charge >= 0.3 is 12.1 Å². The van der Waals surface area contributed by atoms with Crippen molar-refractivity contribution in [3.8, 4) is 5.75 Å². The van der Waals surface area contributed by atoms with Crippen LogP contribution in [0.25, 0.3) is 0 Å². The van der Waals surface area contributed by atoms with Gasteiger partial charge < -0.3 is 38.6 Å². The predicted octanol–water partition coefficient (Wildman–Crippen LogP) is 3.14. The lowest BCUT2D eigenvalue weighted by atomic mass is 9.87. The maximum Gasteiger partial charge on any atom is 0.409 e. The first-order chi connectivity index (χ1) is 22.1. The number of fused-ring (bicyclic) bond motifs is 5. The van der Waals surface area contributed by atoms with Crippen LogP contribution < -0.4 is 15.0 Å². The van der Waals surface area contributed by atoms with E-state index < -0.39 is 66.2 Å². The van der Waals surface area contributed by atoms with E-state index in [1.807, 2.05) is 13.0 Å². The number of hydrogen-bond acceptors (Lipinski definition) is 10. The minimum Gasteiger partial charge on any atom is -0.495 e. The highest BCUT2D eigenvalue weighted by Crippen LogP contribution is 2.41. The van der Waals surface area contributed by atoms with E-state index in [-0.39, 0.29) is 23.8 Å². The highest BCUT2D eigenvalue weighted by molar-refractivity contribution is 6.35. The summed E-state index contributed by atoms with van der Waals surface area (Å²) in [5, 5.41) is 14.3. The van der Waals surface area contributed by atoms with Gasteiger partial charge in [0, 0.05) is 40.5 Å². The van der Waals surface area contributed by atoms with E-state index in [0.717, 1.165) is 11.1 Å². The topological polar surface area (TPSA) is 156 Å². The summed E-state index contributed by atoms with van der Waals surface area (Å²) in [7, 11) is 5.96. The molecule has 2 fully saturated rings. The molecule has 14 heteroatoms. The van der Waals surface area contributed by atoms with Crippen LogP contribution in [0.1, 0.15) is 46.1 Å². The monoisotopic (exact) mass is 677 g/mol. The first-order valence-electron chi connectivity index (χ1n) is 15.4. The summed E-state index contributed by atoms with van der Waals surface area (Å²) in [6.45, 7) is 6.57. The van der Waals surface area contributed by atoms with Gasteiger partial charge in [-0.3, -0.25) is 14.9 Å². The Kier molecular flexibility index (Phi) is 11.3. The number of carbonyl (C=O) groups is 4. The van der Waals surface area contributed by atoms with Gasteiger partial charge in [-0.1, -0.05) is 42.3 Å². The smallest absolute Gasteiger partial charge is 0.409 e. The molecule has 4 rings (SSSR count). The van der Waals surface area contributed by atoms with E-state index in [1.165, 1.54) is 44.9 Å². The minimum atomic E-state index is -1.80. The third-order valence-corrected chi connectivity index (χ3v) is 9.47. The zero-order chi connectivity index (χ0) is 34.8. The lowest BCUT2D eigenvalue weighted by molar-refractivity contribution is -0.159. The molecule has 1 aromatic carbocycles. The molecule has 5 unspecified atom stereocenters. The quantitative estimate of drug-likeness (QED) is 0.351. The summed E-state index contributed by atoms with van der Waals surface area (Å²) in [6.07, 6.45) is 0.448. The highest BCUT2D eigenvalue weighted by atomic mass is 35.5. The van der Waals surface area contributed by atoms with Gasteiger partial charge in [-0.25, -0.2) is 9.59 Å². The van der Waals surface area contributed by atoms with Crippen LogP contribution in [-0.4, -0.2) is 104 Å². The number of carbonyl (C=O) groups excluding carboxylic acids is 4. The average Bonchev–Trinajstić information content (AvgIpc) is 3.82. The Morgan fingerprint density at radius 2 is 1.94 bits per heavy atom. The fourth-order valence-electron chi connectivity index (χ4n) is 5.91. The molecule has 3 aliphatic rings. The molecule has 2 N–H and O–H groups in total. The van der Waals surface area contributed by atoms with Crippen LogP contribution in [0.15, 0.2) is 35.9 Å². The number of alkyl carbamates (subject to hydrolysis) is 1. The number of nitrogens with one attached hydrogen (secondary N) is 1. The second-order valence-electron chi connectivity index (χ2n) is 12.4. The molecule has 3 heterocycles. The molecule has 3 amide bonds. The van der Waals surface area contributed by atoms with Crippen LogP contribution in [0.5, 0.6) is 5.75 Å². The number of rotatable bonds is 5. The van der Waals surface area contributed by atoms with Crippen LogP contribution in [0, 0.1) is 5.92 Å². The van der Waals surface area contributed by atoms with Gasteiger partial charge in [-0.05, 0) is 38.0 Å². The van der Waals surface area contributed by atoms with Crippen molar-refractivity contribution in [2.75, 3.05) is 33.2 Å². The van der Waals surface area contributed by atoms with Crippen molar-refractivity contribution in [3.63, 3.8) is 0 Å². The molecule has 1 aromatic rings. The van der Waals surface area contributed by atoms with E-state index in [2.05, 4.69) is 5.32 Å². The first-order valence-corrected chi connectivity index (χ1v) is 15.8. The second kappa shape index (κ2) is 14.6. The number of allylic oxidation sites excluding steroid dienone is 3. The molecular formula is C33H44ClN3O10. The number of methoxy groups -OCH3 is 2. The molecule has 3 aliphatic heterocycles. The predicted molar refractivity (Wildman–Crippen MR) is 172 cm³/mol. The number of hydrogen-bond donors (Lipinski definition) is 2. The fraction of sp³-hybridized carbons (Fsp3) is 0.576. The minimum absolute atomic E-state index is 0.0330. The van der Waals surface area contributed by atoms with Crippen LogP contribution in [0.3, 0.4) is 0 Å². The van der Waals surface area contributed by atoms with Crippen molar-refractivity contribution >= 4 is 41.2 Å². The van der Waals surface area contributed by atoms with E-state index in [4.69, 9.17) is 35.3 Å². The third kappa shape index (κ3) is 8.08. The first kappa shape index (κ1) is 36.2. The van der Waals surface area contributed by atoms with Crippen molar-refractivity contribution < 1.29 is 48.0 Å². The van der Waals surface area contributed by atoms with Crippen LogP contribution in [0.4, 0.5) is 10.5 Å². The van der Waals surface area contributed by atoms with E-state index in [1.54, 1.807) is 38.3 Å². The summed E-state index contributed by atoms with van der Waals surface area (Å²) < 4.78 is 28.5. The molecular weight excluding hydrogens is 634 g/mol. The molecule has 2 saturated heterocycles. The number of benzene rings is 1. The molecule has 0 saturated carbocycles. The number of halogens is 1. The van der Waals surface area contributed by atoms with Gasteiger partial charge in [0.05, 0.1) is 25.3 Å². The summed E-state index contributed by atoms with van der Waals surface area (Å²) in [4.78, 5) is 54.3. The standard InChI is InChI=1S/C33H44ClN3O10/c1-17-10-9-11-26(44-8)33(42)16-25(46-32(41)35-33)18(2)29-30(47-29)24(45-31(40)19(3)36(5)20(4)38)15-27(39)37(6)22-13-21(12-17)14-23(43-7)28(22)34/h9-11,13-14,18-19,24-26,29-30,42H,12,15-16H2,1-8H3,(H,35,41)/b11-9+,17-10+/t18-,19?,24-,25?,26-,29?,30?,33?/m1/s1. The third-order valence-electron chi connectivity index (χ3n) is 9.09. The molecule has 0 radical (unpaired) electrons. The summed E-state index contributed by atoms with van der Waals surface area (Å²) in [5.41, 5.74) is 0.342. The lowest BCUT2D eigenvalue weighted by Crippen LogP contribution is -2.63. The maximum absolute atomic E-state index is 13.8. The molecule has 13 nitrogen and oxygen atoms in total. The van der Waals surface area contributed by atoms with Crippen molar-refractivity contribution in [1.82, 2.24) is 10.2 Å². The number of anilines is 1. The molecule has 0 aliphatic carbocycles. The van der Waals surface area contributed by atoms with Crippen molar-refractivity contribution in [2.24, 2.45) is 5.92 Å². The van der Waals surface area contributed by atoms with E-state index >= 15 is 0 Å². The Bertz CT molecular complexity index is 1450. The Labute approximate surface area is 279 Å². The molecule has 258 valence electrons. The van der Waals surface area contributed by atoms with Gasteiger partial charge in [-0.2, -0.15) is 0 Å². The number of epoxide rings is 1. The van der Waals surface area contributed by atoms with Crippen LogP contribution in [0.2, 0.25) is 5.02 Å². The van der Waals surface area contributed by atoms with E-state index in [9.17, 15) is 24.3 Å². The van der Waals surface area contributed by atoms with Gasteiger partial charge in [0.2, 0.25) is 11.8 Å². The maximum atomic E-state index is 13.8. The highest BCUT2D eigenvalue weighted by Gasteiger charge is 2.56. The number of nitrogens with zero attached hydrogens (tertiary/aromatic N) is 2. The van der Waals surface area contributed by atoms with Gasteiger partial charge in [0.25, 0.3) is 0 Å². The van der Waals surface area contributed by atoms with Gasteiger partial charge in [0.1, 0.15) is 41.2 Å². The van der Waals surface area contributed by atoms with Gasteiger partial charge in [-0.15, -0.1) is 0 Å². The van der Waals surface area contributed by atoms with Crippen LogP contribution in [-0.2, 0) is 39.8 Å². The normalized spacial score (nSPS) is 32.0. The number of aliphatic hydroxyl groups is 1. The van der Waals surface area contributed by atoms with Crippen LogP contribution >= 0.6 is 11.6 Å². The van der Waals surface area contributed by atoms with Crippen molar-refractivity contribution in [1.29, 1.82) is 0 Å². The Morgan fingerprint density at radius 3 is 2.57 bits per heavy atom. The van der Waals surface area contributed by atoms with Crippen molar-refractivity contribution in [2.45, 2.75) is 89.2 Å². The van der Waals surface area contributed by atoms with E-state index in [0.29, 0.717) is 17.9 Å². The fourth-order valence-corrected chi connectivity index (χ4v) is 6.22. The molecule has 0 aromatic heterocycles. The number of amides is 3. The summed E-state index contributed by atoms with van der Waals surface area (Å²) >= 11 is 6.68. The molecule has 47 heavy (non-hydrogen) atoms. The zero-order valence-electron chi connectivity index (χ0n) is 27.9. The second-order valence-corrected chi connectivity index (χ2v) is 12.8. The van der Waals surface area contributed by atoms with Gasteiger partial charge in [0.15, 0.2) is 5.72 Å². The Balaban J connectivity index is 1.76. The summed E-state index contributed by atoms with van der Waals surface area (Å²) in [5.74, 6) is -1.58. The lowest BCUT2D eigenvalue weighted by Gasteiger charge is -2.41. The SMILES string of the molecule is COc1cc2cc(c1Cl)N(C)C(=O)C[C@@H](OC(=O)C(C)N(C)C(C)=O)C1OC1[C@H](C)C1CC(O)(NC(=O)O1)[C@H](OC)/C=C/C=C(\C)C2. The Morgan fingerprint density at radius 1 is 1.23 bits per heavy atom.